The fraction of sp³-hybridized carbons (Fsp3) is 0.462. The zero-order chi connectivity index (χ0) is 22.2. The maximum atomic E-state index is 13.1. The van der Waals surface area contributed by atoms with Crippen molar-refractivity contribution in [3.8, 4) is 11.5 Å². The average molecular weight is 422 g/mol. The van der Waals surface area contributed by atoms with Crippen molar-refractivity contribution in [3.05, 3.63) is 58.7 Å². The first-order valence-electron chi connectivity index (χ1n) is 11.1. The summed E-state index contributed by atoms with van der Waals surface area (Å²) in [7, 11) is 0. The number of carbonyl (C=O) groups is 2. The van der Waals surface area contributed by atoms with Gasteiger partial charge in [0.05, 0.1) is 18.6 Å². The summed E-state index contributed by atoms with van der Waals surface area (Å²) >= 11 is 0. The first-order valence-corrected chi connectivity index (χ1v) is 11.1. The average Bonchev–Trinajstić information content (AvgIpc) is 2.74. The summed E-state index contributed by atoms with van der Waals surface area (Å²) in [6.45, 7) is 9.95. The van der Waals surface area contributed by atoms with Gasteiger partial charge in [-0.05, 0) is 55.2 Å². The fourth-order valence-electron chi connectivity index (χ4n) is 4.50. The van der Waals surface area contributed by atoms with Gasteiger partial charge in [0.1, 0.15) is 17.1 Å². The number of benzene rings is 2. The summed E-state index contributed by atoms with van der Waals surface area (Å²) in [5.74, 6) is 2.00. The lowest BCUT2D eigenvalue weighted by atomic mass is 9.81. The first kappa shape index (κ1) is 21.4. The molecule has 1 amide bonds. The maximum absolute atomic E-state index is 13.1. The predicted octanol–water partition coefficient (Wildman–Crippen LogP) is 4.98. The molecule has 0 radical (unpaired) electrons. The third-order valence-corrected chi connectivity index (χ3v) is 6.15. The van der Waals surface area contributed by atoms with Crippen LogP contribution >= 0.6 is 0 Å². The van der Waals surface area contributed by atoms with Gasteiger partial charge in [-0.15, -0.1) is 0 Å². The Morgan fingerprint density at radius 2 is 1.90 bits per heavy atom. The molecule has 0 saturated carbocycles. The van der Waals surface area contributed by atoms with E-state index in [0.29, 0.717) is 56.0 Å². The highest BCUT2D eigenvalue weighted by molar-refractivity contribution is 6.01. The van der Waals surface area contributed by atoms with Gasteiger partial charge in [-0.25, -0.2) is 0 Å². The highest BCUT2D eigenvalue weighted by atomic mass is 16.5. The number of piperidine rings is 1. The Hall–Kier alpha value is -2.82. The van der Waals surface area contributed by atoms with E-state index in [1.165, 1.54) is 0 Å². The van der Waals surface area contributed by atoms with E-state index in [4.69, 9.17) is 9.47 Å². The molecule has 2 aromatic rings. The lowest BCUT2D eigenvalue weighted by molar-refractivity contribution is -0.00620. The number of fused-ring (bicyclic) bond motifs is 1. The third-order valence-electron chi connectivity index (χ3n) is 6.15. The number of rotatable bonds is 4. The molecule has 1 spiro atoms. The SMILES string of the molecule is Cc1cc(C)c2c(c1)C(=O)CC1(CCN(C(=O)c3cccc(OCC(C)C)c3)CC1)O2. The summed E-state index contributed by atoms with van der Waals surface area (Å²) < 4.78 is 12.2. The van der Waals surface area contributed by atoms with Crippen LogP contribution in [0.5, 0.6) is 11.5 Å². The third kappa shape index (κ3) is 4.46. The van der Waals surface area contributed by atoms with Crippen LogP contribution in [0.3, 0.4) is 0 Å². The highest BCUT2D eigenvalue weighted by Crippen LogP contribution is 2.41. The summed E-state index contributed by atoms with van der Waals surface area (Å²) in [6.07, 6.45) is 1.69. The number of amides is 1. The molecule has 0 bridgehead atoms. The van der Waals surface area contributed by atoms with Gasteiger partial charge >= 0.3 is 0 Å². The summed E-state index contributed by atoms with van der Waals surface area (Å²) in [5.41, 5.74) is 2.89. The molecule has 31 heavy (non-hydrogen) atoms. The molecule has 0 aromatic heterocycles. The first-order chi connectivity index (χ1) is 14.8. The van der Waals surface area contributed by atoms with Gasteiger partial charge in [0, 0.05) is 31.5 Å². The molecule has 5 nitrogen and oxygen atoms in total. The number of ketones is 1. The monoisotopic (exact) mass is 421 g/mol. The molecule has 0 unspecified atom stereocenters. The molecular formula is C26H31NO4. The van der Waals surface area contributed by atoms with Gasteiger partial charge in [-0.3, -0.25) is 9.59 Å². The van der Waals surface area contributed by atoms with Crippen molar-refractivity contribution >= 4 is 11.7 Å². The van der Waals surface area contributed by atoms with E-state index in [9.17, 15) is 9.59 Å². The number of likely N-dealkylation sites (tertiary alicyclic amines) is 1. The normalized spacial score (nSPS) is 17.5. The minimum atomic E-state index is -0.511. The van der Waals surface area contributed by atoms with Crippen LogP contribution < -0.4 is 9.47 Å². The highest BCUT2D eigenvalue weighted by Gasteiger charge is 2.44. The standard InChI is InChI=1S/C26H31NO4/c1-17(2)16-30-21-7-5-6-20(14-21)25(29)27-10-8-26(9-11-27)15-23(28)22-13-18(3)12-19(4)24(22)31-26/h5-7,12-14,17H,8-11,15-16H2,1-4H3. The van der Waals surface area contributed by atoms with Crippen LogP contribution in [0, 0.1) is 19.8 Å². The Labute approximate surface area is 184 Å². The predicted molar refractivity (Wildman–Crippen MR) is 120 cm³/mol. The van der Waals surface area contributed by atoms with Crippen molar-refractivity contribution in [2.24, 2.45) is 5.92 Å². The maximum Gasteiger partial charge on any atom is 0.253 e. The van der Waals surface area contributed by atoms with Gasteiger partial charge in [0.25, 0.3) is 5.91 Å². The van der Waals surface area contributed by atoms with Gasteiger partial charge < -0.3 is 14.4 Å². The Morgan fingerprint density at radius 1 is 1.16 bits per heavy atom. The topological polar surface area (TPSA) is 55.8 Å². The van der Waals surface area contributed by atoms with E-state index in [1.54, 1.807) is 0 Å². The molecule has 0 atom stereocenters. The van der Waals surface area contributed by atoms with Gasteiger partial charge in [-0.1, -0.05) is 26.0 Å². The molecule has 5 heteroatoms. The number of carbonyl (C=O) groups excluding carboxylic acids is 2. The van der Waals surface area contributed by atoms with Crippen molar-refractivity contribution in [3.63, 3.8) is 0 Å². The van der Waals surface area contributed by atoms with Crippen LogP contribution in [0.2, 0.25) is 0 Å². The van der Waals surface area contributed by atoms with E-state index >= 15 is 0 Å². The van der Waals surface area contributed by atoms with Gasteiger partial charge in [-0.2, -0.15) is 0 Å². The minimum Gasteiger partial charge on any atom is -0.493 e. The largest absolute Gasteiger partial charge is 0.493 e. The smallest absolute Gasteiger partial charge is 0.253 e. The Kier molecular flexibility index (Phi) is 5.78. The zero-order valence-electron chi connectivity index (χ0n) is 18.9. The van der Waals surface area contributed by atoms with E-state index in [2.05, 4.69) is 19.9 Å². The Balaban J connectivity index is 1.45. The molecule has 2 aliphatic rings. The van der Waals surface area contributed by atoms with E-state index < -0.39 is 5.60 Å². The summed E-state index contributed by atoms with van der Waals surface area (Å²) in [4.78, 5) is 27.8. The molecule has 164 valence electrons. The van der Waals surface area contributed by atoms with Crippen LogP contribution in [-0.4, -0.2) is 41.9 Å². The number of aryl methyl sites for hydroxylation is 2. The van der Waals surface area contributed by atoms with Crippen LogP contribution in [0.15, 0.2) is 36.4 Å². The molecule has 1 fully saturated rings. The molecule has 2 aliphatic heterocycles. The second-order valence-corrected chi connectivity index (χ2v) is 9.37. The molecule has 0 N–H and O–H groups in total. The van der Waals surface area contributed by atoms with Crippen LogP contribution in [0.4, 0.5) is 0 Å². The molecule has 4 rings (SSSR count). The van der Waals surface area contributed by atoms with Crippen molar-refractivity contribution < 1.29 is 19.1 Å². The van der Waals surface area contributed by atoms with E-state index in [1.807, 2.05) is 49.1 Å². The zero-order valence-corrected chi connectivity index (χ0v) is 18.9. The quantitative estimate of drug-likeness (QED) is 0.699. The molecule has 2 heterocycles. The Morgan fingerprint density at radius 3 is 2.61 bits per heavy atom. The molecule has 0 aliphatic carbocycles. The number of hydrogen-bond donors (Lipinski definition) is 0. The van der Waals surface area contributed by atoms with Crippen molar-refractivity contribution in [1.29, 1.82) is 0 Å². The number of nitrogens with zero attached hydrogens (tertiary/aromatic N) is 1. The fourth-order valence-corrected chi connectivity index (χ4v) is 4.50. The lowest BCUT2D eigenvalue weighted by Crippen LogP contribution is -2.52. The van der Waals surface area contributed by atoms with E-state index in [0.717, 1.165) is 22.6 Å². The lowest BCUT2D eigenvalue weighted by Gasteiger charge is -2.44. The van der Waals surface area contributed by atoms with Crippen LogP contribution in [0.1, 0.15) is 65.0 Å². The second-order valence-electron chi connectivity index (χ2n) is 9.37. The van der Waals surface area contributed by atoms with Crippen LogP contribution in [0.25, 0.3) is 0 Å². The molecular weight excluding hydrogens is 390 g/mol. The molecule has 2 aromatic carbocycles. The summed E-state index contributed by atoms with van der Waals surface area (Å²) in [5, 5.41) is 0. The number of hydrogen-bond acceptors (Lipinski definition) is 4. The summed E-state index contributed by atoms with van der Waals surface area (Å²) in [6, 6.07) is 11.4. The van der Waals surface area contributed by atoms with Gasteiger partial charge in [0.15, 0.2) is 5.78 Å². The van der Waals surface area contributed by atoms with Crippen LogP contribution in [-0.2, 0) is 0 Å². The van der Waals surface area contributed by atoms with Gasteiger partial charge in [0.2, 0.25) is 0 Å². The second kappa shape index (κ2) is 8.37. The van der Waals surface area contributed by atoms with Crippen molar-refractivity contribution in [1.82, 2.24) is 4.90 Å². The van der Waals surface area contributed by atoms with Crippen molar-refractivity contribution in [2.75, 3.05) is 19.7 Å². The Bertz CT molecular complexity index is 1000. The number of Topliss-reactive ketones (excluding diaryl/α,β-unsaturated/α-hetero) is 1. The molecule has 1 saturated heterocycles. The minimum absolute atomic E-state index is 0.000751. The number of ether oxygens (including phenoxy) is 2. The van der Waals surface area contributed by atoms with Crippen molar-refractivity contribution in [2.45, 2.75) is 52.6 Å². The van der Waals surface area contributed by atoms with E-state index in [-0.39, 0.29) is 11.7 Å².